The number of halogens is 5. The maximum atomic E-state index is 12.3. The fourth-order valence-electron chi connectivity index (χ4n) is 2.14. The summed E-state index contributed by atoms with van der Waals surface area (Å²) in [4.78, 5) is 15.1. The zero-order valence-corrected chi connectivity index (χ0v) is 11.7. The first-order valence-electron chi connectivity index (χ1n) is 6.75. The van der Waals surface area contributed by atoms with Gasteiger partial charge in [-0.3, -0.25) is 0 Å². The van der Waals surface area contributed by atoms with Crippen molar-refractivity contribution in [1.29, 1.82) is 0 Å². The van der Waals surface area contributed by atoms with Crippen LogP contribution in [0.2, 0.25) is 0 Å². The Morgan fingerprint density at radius 1 is 1.39 bits per heavy atom. The molecule has 5 nitrogen and oxygen atoms in total. The van der Waals surface area contributed by atoms with Crippen LogP contribution in [0.4, 0.5) is 26.7 Å². The van der Waals surface area contributed by atoms with Gasteiger partial charge in [-0.2, -0.15) is 22.0 Å². The Labute approximate surface area is 128 Å². The number of carbonyl (C=O) groups excluding carboxylic acids is 1. The molecular weight excluding hydrogens is 325 g/mol. The molecule has 1 aliphatic carbocycles. The van der Waals surface area contributed by atoms with Crippen LogP contribution >= 0.6 is 0 Å². The van der Waals surface area contributed by atoms with Gasteiger partial charge in [0.1, 0.15) is 0 Å². The molecule has 2 amide bonds. The smallest absolute Gasteiger partial charge is 0.391 e. The second kappa shape index (κ2) is 6.97. The van der Waals surface area contributed by atoms with E-state index >= 15 is 0 Å². The average Bonchev–Trinajstić information content (AvgIpc) is 2.38. The van der Waals surface area contributed by atoms with Gasteiger partial charge in [-0.1, -0.05) is 0 Å². The highest BCUT2D eigenvalue weighted by Crippen LogP contribution is 2.40. The molecule has 1 aromatic rings. The molecule has 1 aromatic heterocycles. The molecular formula is C13H14F5N3O2. The van der Waals surface area contributed by atoms with Crippen molar-refractivity contribution >= 4 is 6.03 Å². The Hall–Kier alpha value is -2.13. The van der Waals surface area contributed by atoms with E-state index in [0.717, 1.165) is 0 Å². The van der Waals surface area contributed by atoms with Gasteiger partial charge in [0.2, 0.25) is 5.88 Å². The highest BCUT2D eigenvalue weighted by molar-refractivity contribution is 5.74. The number of nitrogens with one attached hydrogen (secondary N) is 2. The molecule has 1 fully saturated rings. The Morgan fingerprint density at radius 3 is 2.70 bits per heavy atom. The summed E-state index contributed by atoms with van der Waals surface area (Å²) in [5.74, 6) is -1.66. The van der Waals surface area contributed by atoms with Crippen LogP contribution < -0.4 is 15.4 Å². The van der Waals surface area contributed by atoms with E-state index < -0.39 is 30.8 Å². The largest absolute Gasteiger partial charge is 0.417 e. The van der Waals surface area contributed by atoms with E-state index in [1.807, 2.05) is 0 Å². The molecule has 0 atom stereocenters. The lowest BCUT2D eigenvalue weighted by Crippen LogP contribution is -2.51. The van der Waals surface area contributed by atoms with Crippen LogP contribution in [-0.2, 0) is 6.54 Å². The van der Waals surface area contributed by atoms with Crippen molar-refractivity contribution in [2.75, 3.05) is 0 Å². The third-order valence-electron chi connectivity index (χ3n) is 3.40. The number of urea groups is 1. The van der Waals surface area contributed by atoms with Crippen molar-refractivity contribution in [3.05, 3.63) is 23.9 Å². The van der Waals surface area contributed by atoms with Crippen LogP contribution in [0.5, 0.6) is 5.88 Å². The van der Waals surface area contributed by atoms with Crippen molar-refractivity contribution < 1.29 is 31.5 Å². The summed E-state index contributed by atoms with van der Waals surface area (Å²) in [7, 11) is 0. The lowest BCUT2D eigenvalue weighted by molar-refractivity contribution is -0.198. The van der Waals surface area contributed by atoms with Crippen molar-refractivity contribution in [3.63, 3.8) is 0 Å². The van der Waals surface area contributed by atoms with E-state index in [4.69, 9.17) is 0 Å². The standard InChI is InChI=1S/C13H14F5N3O2/c14-11(15)23-10-3-7(1-2-19-10)6-20-12(22)21-9-4-8(5-9)13(16,17)18/h1-3,8-9,11H,4-6H2,(H2,20,21,22). The molecule has 1 heterocycles. The predicted octanol–water partition coefficient (Wildman–Crippen LogP) is 2.82. The topological polar surface area (TPSA) is 63.2 Å². The molecule has 10 heteroatoms. The Kier molecular flexibility index (Phi) is 5.22. The summed E-state index contributed by atoms with van der Waals surface area (Å²) in [6.45, 7) is -3.00. The zero-order valence-electron chi connectivity index (χ0n) is 11.7. The van der Waals surface area contributed by atoms with Gasteiger partial charge in [0.05, 0.1) is 5.92 Å². The van der Waals surface area contributed by atoms with Gasteiger partial charge in [0, 0.05) is 24.8 Å². The Balaban J connectivity index is 1.73. The number of amides is 2. The SMILES string of the molecule is O=C(NCc1ccnc(OC(F)F)c1)NC1CC(C(F)(F)F)C1. The second-order valence-electron chi connectivity index (χ2n) is 5.11. The molecule has 23 heavy (non-hydrogen) atoms. The molecule has 0 spiro atoms. The number of nitrogens with zero attached hydrogens (tertiary/aromatic N) is 1. The van der Waals surface area contributed by atoms with E-state index in [1.165, 1.54) is 18.3 Å². The van der Waals surface area contributed by atoms with Gasteiger partial charge in [-0.25, -0.2) is 9.78 Å². The predicted molar refractivity (Wildman–Crippen MR) is 68.8 cm³/mol. The summed E-state index contributed by atoms with van der Waals surface area (Å²) in [6.07, 6.45) is -3.27. The van der Waals surface area contributed by atoms with Gasteiger partial charge in [-0.15, -0.1) is 0 Å². The summed E-state index contributed by atoms with van der Waals surface area (Å²) < 4.78 is 65.1. The van der Waals surface area contributed by atoms with Crippen LogP contribution in [-0.4, -0.2) is 29.8 Å². The lowest BCUT2D eigenvalue weighted by atomic mass is 9.80. The Morgan fingerprint density at radius 2 is 2.09 bits per heavy atom. The second-order valence-corrected chi connectivity index (χ2v) is 5.11. The number of rotatable bonds is 5. The van der Waals surface area contributed by atoms with Crippen molar-refractivity contribution in [3.8, 4) is 5.88 Å². The molecule has 2 N–H and O–H groups in total. The first-order valence-corrected chi connectivity index (χ1v) is 6.75. The Bertz CT molecular complexity index is 547. The first kappa shape index (κ1) is 17.2. The van der Waals surface area contributed by atoms with E-state index in [-0.39, 0.29) is 25.3 Å². The van der Waals surface area contributed by atoms with Crippen LogP contribution in [0, 0.1) is 5.92 Å². The third-order valence-corrected chi connectivity index (χ3v) is 3.40. The van der Waals surface area contributed by atoms with E-state index in [0.29, 0.717) is 5.56 Å². The number of carbonyl (C=O) groups is 1. The summed E-state index contributed by atoms with van der Waals surface area (Å²) >= 11 is 0. The molecule has 2 rings (SSSR count). The van der Waals surface area contributed by atoms with Crippen molar-refractivity contribution in [1.82, 2.24) is 15.6 Å². The minimum Gasteiger partial charge on any atom is -0.417 e. The van der Waals surface area contributed by atoms with Crippen molar-refractivity contribution in [2.24, 2.45) is 5.92 Å². The molecule has 0 unspecified atom stereocenters. The van der Waals surface area contributed by atoms with Gasteiger partial charge < -0.3 is 15.4 Å². The van der Waals surface area contributed by atoms with Gasteiger partial charge in [0.15, 0.2) is 0 Å². The van der Waals surface area contributed by atoms with Gasteiger partial charge in [0.25, 0.3) is 0 Å². The number of alkyl halides is 5. The average molecular weight is 339 g/mol. The molecule has 128 valence electrons. The lowest BCUT2D eigenvalue weighted by Gasteiger charge is -2.36. The highest BCUT2D eigenvalue weighted by Gasteiger charge is 2.48. The number of hydrogen-bond donors (Lipinski definition) is 2. The molecule has 1 aliphatic rings. The van der Waals surface area contributed by atoms with Crippen LogP contribution in [0.3, 0.4) is 0 Å². The zero-order chi connectivity index (χ0) is 17.0. The van der Waals surface area contributed by atoms with Crippen LogP contribution in [0.1, 0.15) is 18.4 Å². The van der Waals surface area contributed by atoms with Crippen molar-refractivity contribution in [2.45, 2.75) is 38.2 Å². The monoisotopic (exact) mass is 339 g/mol. The fraction of sp³-hybridized carbons (Fsp3) is 0.538. The molecule has 0 bridgehead atoms. The molecule has 1 saturated carbocycles. The quantitative estimate of drug-likeness (QED) is 0.811. The highest BCUT2D eigenvalue weighted by atomic mass is 19.4. The molecule has 0 aromatic carbocycles. The number of hydrogen-bond acceptors (Lipinski definition) is 3. The summed E-state index contributed by atoms with van der Waals surface area (Å²) in [5.41, 5.74) is 0.465. The van der Waals surface area contributed by atoms with E-state index in [1.54, 1.807) is 0 Å². The van der Waals surface area contributed by atoms with E-state index in [9.17, 15) is 26.7 Å². The maximum Gasteiger partial charge on any atom is 0.391 e. The molecule has 0 aliphatic heterocycles. The van der Waals surface area contributed by atoms with Gasteiger partial charge >= 0.3 is 18.8 Å². The minimum absolute atomic E-state index is 0.00334. The molecule has 0 radical (unpaired) electrons. The van der Waals surface area contributed by atoms with Crippen LogP contribution in [0.25, 0.3) is 0 Å². The number of ether oxygens (including phenoxy) is 1. The van der Waals surface area contributed by atoms with Gasteiger partial charge in [-0.05, 0) is 24.5 Å². The maximum absolute atomic E-state index is 12.3. The normalized spacial score (nSPS) is 20.8. The van der Waals surface area contributed by atoms with E-state index in [2.05, 4.69) is 20.4 Å². The van der Waals surface area contributed by atoms with Crippen LogP contribution in [0.15, 0.2) is 18.3 Å². The number of aromatic nitrogens is 1. The summed E-state index contributed by atoms with van der Waals surface area (Å²) in [6, 6.07) is 1.58. The third kappa shape index (κ3) is 5.22. The fourth-order valence-corrected chi connectivity index (χ4v) is 2.14. The first-order chi connectivity index (χ1) is 10.7. The molecule has 0 saturated heterocycles. The minimum atomic E-state index is -4.23. The number of pyridine rings is 1. The summed E-state index contributed by atoms with van der Waals surface area (Å²) in [5, 5.41) is 4.85.